The van der Waals surface area contributed by atoms with E-state index < -0.39 is 5.60 Å². The second-order valence-electron chi connectivity index (χ2n) is 5.64. The minimum absolute atomic E-state index is 0.501. The molecule has 100 valence electrons. The van der Waals surface area contributed by atoms with Crippen molar-refractivity contribution >= 4 is 11.6 Å². The van der Waals surface area contributed by atoms with Crippen LogP contribution in [0.4, 0.5) is 0 Å². The van der Waals surface area contributed by atoms with Gasteiger partial charge >= 0.3 is 0 Å². The Balaban J connectivity index is 1.76. The van der Waals surface area contributed by atoms with Gasteiger partial charge in [-0.15, -0.1) is 0 Å². The second kappa shape index (κ2) is 6.05. The topological polar surface area (TPSA) is 32.3 Å². The standard InChI is InChI=1S/C15H22ClNO/c1-12-6-8-15(18,9-7-12)11-17-10-13-2-4-14(16)5-3-13/h2-5,12,17-18H,6-11H2,1H3. The molecule has 1 aliphatic carbocycles. The number of rotatable bonds is 4. The predicted molar refractivity (Wildman–Crippen MR) is 75.7 cm³/mol. The van der Waals surface area contributed by atoms with Gasteiger partial charge in [0.15, 0.2) is 0 Å². The van der Waals surface area contributed by atoms with Crippen LogP contribution < -0.4 is 5.32 Å². The second-order valence-corrected chi connectivity index (χ2v) is 6.07. The molecule has 1 aromatic rings. The molecule has 0 aliphatic heterocycles. The number of nitrogens with one attached hydrogen (secondary N) is 1. The minimum Gasteiger partial charge on any atom is -0.389 e. The van der Waals surface area contributed by atoms with E-state index in [-0.39, 0.29) is 0 Å². The van der Waals surface area contributed by atoms with Crippen molar-refractivity contribution in [3.05, 3.63) is 34.9 Å². The van der Waals surface area contributed by atoms with Gasteiger partial charge in [0.25, 0.3) is 0 Å². The Hall–Kier alpha value is -0.570. The van der Waals surface area contributed by atoms with Gasteiger partial charge < -0.3 is 10.4 Å². The van der Waals surface area contributed by atoms with Gasteiger partial charge in [-0.1, -0.05) is 30.7 Å². The highest BCUT2D eigenvalue weighted by atomic mass is 35.5. The van der Waals surface area contributed by atoms with Crippen LogP contribution >= 0.6 is 11.6 Å². The fourth-order valence-electron chi connectivity index (χ4n) is 2.52. The molecule has 0 bridgehead atoms. The molecular weight excluding hydrogens is 246 g/mol. The fourth-order valence-corrected chi connectivity index (χ4v) is 2.64. The number of halogens is 1. The predicted octanol–water partition coefficient (Wildman–Crippen LogP) is 3.37. The summed E-state index contributed by atoms with van der Waals surface area (Å²) in [6.45, 7) is 3.73. The first kappa shape index (κ1) is 13.9. The molecule has 2 nitrogen and oxygen atoms in total. The molecule has 0 radical (unpaired) electrons. The van der Waals surface area contributed by atoms with E-state index in [0.717, 1.165) is 43.2 Å². The Morgan fingerprint density at radius 1 is 1.28 bits per heavy atom. The maximum absolute atomic E-state index is 10.4. The van der Waals surface area contributed by atoms with Crippen LogP contribution in [0.25, 0.3) is 0 Å². The SMILES string of the molecule is CC1CCC(O)(CNCc2ccc(Cl)cc2)CC1. The zero-order valence-electron chi connectivity index (χ0n) is 11.0. The molecule has 3 heteroatoms. The van der Waals surface area contributed by atoms with Crippen molar-refractivity contribution in [2.75, 3.05) is 6.54 Å². The monoisotopic (exact) mass is 267 g/mol. The summed E-state index contributed by atoms with van der Waals surface area (Å²) >= 11 is 5.84. The lowest BCUT2D eigenvalue weighted by Gasteiger charge is -2.35. The number of hydrogen-bond donors (Lipinski definition) is 2. The summed E-state index contributed by atoms with van der Waals surface area (Å²) in [5, 5.41) is 14.5. The average molecular weight is 268 g/mol. The quantitative estimate of drug-likeness (QED) is 0.877. The highest BCUT2D eigenvalue weighted by Crippen LogP contribution is 2.31. The summed E-state index contributed by atoms with van der Waals surface area (Å²) in [6.07, 6.45) is 4.11. The summed E-state index contributed by atoms with van der Waals surface area (Å²) in [6, 6.07) is 7.83. The largest absolute Gasteiger partial charge is 0.389 e. The zero-order valence-corrected chi connectivity index (χ0v) is 11.7. The van der Waals surface area contributed by atoms with Gasteiger partial charge in [-0.2, -0.15) is 0 Å². The van der Waals surface area contributed by atoms with Gasteiger partial charge in [-0.25, -0.2) is 0 Å². The lowest BCUT2D eigenvalue weighted by Crippen LogP contribution is -2.43. The number of aliphatic hydroxyl groups is 1. The smallest absolute Gasteiger partial charge is 0.0771 e. The first-order valence-corrected chi connectivity index (χ1v) is 7.13. The Morgan fingerprint density at radius 2 is 1.89 bits per heavy atom. The lowest BCUT2D eigenvalue weighted by atomic mass is 9.79. The van der Waals surface area contributed by atoms with Crippen molar-refractivity contribution in [2.24, 2.45) is 5.92 Å². The van der Waals surface area contributed by atoms with E-state index in [2.05, 4.69) is 12.2 Å². The zero-order chi connectivity index (χ0) is 13.0. The molecule has 0 amide bonds. The Labute approximate surface area is 114 Å². The van der Waals surface area contributed by atoms with Gasteiger partial charge in [0.2, 0.25) is 0 Å². The van der Waals surface area contributed by atoms with Gasteiger partial charge in [-0.05, 0) is 49.3 Å². The van der Waals surface area contributed by atoms with Crippen molar-refractivity contribution in [2.45, 2.75) is 44.8 Å². The van der Waals surface area contributed by atoms with Crippen LogP contribution in [0.5, 0.6) is 0 Å². The van der Waals surface area contributed by atoms with Gasteiger partial charge in [0, 0.05) is 18.1 Å². The van der Waals surface area contributed by atoms with Crippen LogP contribution in [-0.4, -0.2) is 17.3 Å². The average Bonchev–Trinajstić information content (AvgIpc) is 2.36. The number of hydrogen-bond acceptors (Lipinski definition) is 2. The Bertz CT molecular complexity index is 369. The summed E-state index contributed by atoms with van der Waals surface area (Å²) in [4.78, 5) is 0. The normalized spacial score (nSPS) is 28.3. The van der Waals surface area contributed by atoms with Crippen molar-refractivity contribution in [1.82, 2.24) is 5.32 Å². The third-order valence-corrected chi connectivity index (χ3v) is 4.15. The van der Waals surface area contributed by atoms with Crippen molar-refractivity contribution in [1.29, 1.82) is 0 Å². The molecular formula is C15H22ClNO. The third-order valence-electron chi connectivity index (χ3n) is 3.90. The van der Waals surface area contributed by atoms with Crippen LogP contribution in [0, 0.1) is 5.92 Å². The van der Waals surface area contributed by atoms with Crippen molar-refractivity contribution in [3.8, 4) is 0 Å². The molecule has 1 fully saturated rings. The van der Waals surface area contributed by atoms with E-state index in [1.165, 1.54) is 5.56 Å². The summed E-state index contributed by atoms with van der Waals surface area (Å²) in [5.74, 6) is 0.765. The van der Waals surface area contributed by atoms with E-state index in [9.17, 15) is 5.11 Å². The Morgan fingerprint density at radius 3 is 2.50 bits per heavy atom. The highest BCUT2D eigenvalue weighted by Gasteiger charge is 2.31. The highest BCUT2D eigenvalue weighted by molar-refractivity contribution is 6.30. The van der Waals surface area contributed by atoms with Gasteiger partial charge in [-0.3, -0.25) is 0 Å². The maximum atomic E-state index is 10.4. The van der Waals surface area contributed by atoms with E-state index in [1.807, 2.05) is 24.3 Å². The summed E-state index contributed by atoms with van der Waals surface area (Å²) in [5.41, 5.74) is 0.700. The van der Waals surface area contributed by atoms with Crippen LogP contribution in [0.3, 0.4) is 0 Å². The lowest BCUT2D eigenvalue weighted by molar-refractivity contribution is -0.00630. The summed E-state index contributed by atoms with van der Waals surface area (Å²) in [7, 11) is 0. The molecule has 1 saturated carbocycles. The van der Waals surface area contributed by atoms with Gasteiger partial charge in [0.05, 0.1) is 5.60 Å². The van der Waals surface area contributed by atoms with E-state index in [1.54, 1.807) is 0 Å². The van der Waals surface area contributed by atoms with E-state index >= 15 is 0 Å². The van der Waals surface area contributed by atoms with E-state index in [4.69, 9.17) is 11.6 Å². The fraction of sp³-hybridized carbons (Fsp3) is 0.600. The molecule has 1 aromatic carbocycles. The first-order valence-electron chi connectivity index (χ1n) is 6.75. The molecule has 0 atom stereocenters. The number of benzene rings is 1. The minimum atomic E-state index is -0.501. The first-order chi connectivity index (χ1) is 8.57. The molecule has 0 aromatic heterocycles. The van der Waals surface area contributed by atoms with Crippen LogP contribution in [-0.2, 0) is 6.54 Å². The van der Waals surface area contributed by atoms with Crippen LogP contribution in [0.15, 0.2) is 24.3 Å². The molecule has 18 heavy (non-hydrogen) atoms. The molecule has 2 N–H and O–H groups in total. The molecule has 0 saturated heterocycles. The Kier molecular flexibility index (Phi) is 4.66. The van der Waals surface area contributed by atoms with Crippen molar-refractivity contribution in [3.63, 3.8) is 0 Å². The van der Waals surface area contributed by atoms with Crippen LogP contribution in [0.1, 0.15) is 38.2 Å². The third kappa shape index (κ3) is 3.98. The summed E-state index contributed by atoms with van der Waals surface area (Å²) < 4.78 is 0. The molecule has 0 spiro atoms. The molecule has 1 aliphatic rings. The molecule has 0 unspecified atom stereocenters. The van der Waals surface area contributed by atoms with Gasteiger partial charge in [0.1, 0.15) is 0 Å². The van der Waals surface area contributed by atoms with E-state index in [0.29, 0.717) is 6.54 Å². The van der Waals surface area contributed by atoms with Crippen LogP contribution in [0.2, 0.25) is 5.02 Å². The maximum Gasteiger partial charge on any atom is 0.0771 e. The molecule has 0 heterocycles. The molecule has 2 rings (SSSR count). The van der Waals surface area contributed by atoms with Crippen molar-refractivity contribution < 1.29 is 5.11 Å².